The molecular weight excluding hydrogens is 304 g/mol. The van der Waals surface area contributed by atoms with E-state index in [1.165, 1.54) is 25.7 Å². The zero-order valence-electron chi connectivity index (χ0n) is 13.8. The summed E-state index contributed by atoms with van der Waals surface area (Å²) in [5.41, 5.74) is 7.51. The predicted octanol–water partition coefficient (Wildman–Crippen LogP) is 2.78. The minimum atomic E-state index is 0.0500. The van der Waals surface area contributed by atoms with Crippen molar-refractivity contribution < 1.29 is 9.32 Å². The third kappa shape index (κ3) is 4.41. The van der Waals surface area contributed by atoms with E-state index in [1.54, 1.807) is 0 Å². The minimum Gasteiger partial charge on any atom is -0.347 e. The first kappa shape index (κ1) is 16.6. The van der Waals surface area contributed by atoms with Crippen molar-refractivity contribution in [1.29, 1.82) is 0 Å². The van der Waals surface area contributed by atoms with Crippen molar-refractivity contribution >= 4 is 5.91 Å². The number of hydrogen-bond acceptors (Lipinski definition) is 5. The number of nitrogens with one attached hydrogen (secondary N) is 1. The summed E-state index contributed by atoms with van der Waals surface area (Å²) in [4.78, 5) is 16.2. The van der Waals surface area contributed by atoms with Crippen LogP contribution >= 0.6 is 0 Å². The number of amides is 1. The van der Waals surface area contributed by atoms with Crippen molar-refractivity contribution in [2.75, 3.05) is 0 Å². The van der Waals surface area contributed by atoms with Gasteiger partial charge in [0.15, 0.2) is 0 Å². The molecule has 0 spiro atoms. The summed E-state index contributed by atoms with van der Waals surface area (Å²) in [6.45, 7) is 0.780. The number of carbonyl (C=O) groups excluding carboxylic acids is 1. The molecule has 0 aliphatic heterocycles. The van der Waals surface area contributed by atoms with E-state index >= 15 is 0 Å². The van der Waals surface area contributed by atoms with Gasteiger partial charge >= 0.3 is 0 Å². The van der Waals surface area contributed by atoms with Crippen LogP contribution in [0.4, 0.5) is 0 Å². The van der Waals surface area contributed by atoms with E-state index in [4.69, 9.17) is 10.3 Å². The molecule has 1 saturated carbocycles. The lowest BCUT2D eigenvalue weighted by Crippen LogP contribution is -2.23. The van der Waals surface area contributed by atoms with Crippen LogP contribution in [0.3, 0.4) is 0 Å². The molecule has 0 unspecified atom stereocenters. The molecule has 3 N–H and O–H groups in total. The Bertz CT molecular complexity index is 660. The highest BCUT2D eigenvalue weighted by Gasteiger charge is 2.16. The smallest absolute Gasteiger partial charge is 0.246 e. The van der Waals surface area contributed by atoms with Gasteiger partial charge in [-0.25, -0.2) is 0 Å². The van der Waals surface area contributed by atoms with Gasteiger partial charge < -0.3 is 15.6 Å². The van der Waals surface area contributed by atoms with Crippen LogP contribution < -0.4 is 11.1 Å². The Morgan fingerprint density at radius 3 is 2.71 bits per heavy atom. The van der Waals surface area contributed by atoms with E-state index in [0.29, 0.717) is 24.7 Å². The van der Waals surface area contributed by atoms with Gasteiger partial charge in [0.05, 0.1) is 6.54 Å². The SMILES string of the molecule is NCc1ccc(-c2noc(CNC(=O)CCC3CCCC3)n2)cc1. The zero-order chi connectivity index (χ0) is 16.8. The molecule has 1 aromatic heterocycles. The fourth-order valence-corrected chi connectivity index (χ4v) is 3.13. The molecule has 0 radical (unpaired) electrons. The van der Waals surface area contributed by atoms with Crippen LogP contribution in [0.1, 0.15) is 50.0 Å². The molecule has 1 heterocycles. The highest BCUT2D eigenvalue weighted by Crippen LogP contribution is 2.28. The van der Waals surface area contributed by atoms with Gasteiger partial charge in [-0.15, -0.1) is 0 Å². The van der Waals surface area contributed by atoms with E-state index in [0.717, 1.165) is 23.5 Å². The first-order chi connectivity index (χ1) is 11.7. The minimum absolute atomic E-state index is 0.0500. The van der Waals surface area contributed by atoms with Crippen LogP contribution in [0.15, 0.2) is 28.8 Å². The third-order valence-electron chi connectivity index (χ3n) is 4.61. The summed E-state index contributed by atoms with van der Waals surface area (Å²) in [5, 5.41) is 6.81. The van der Waals surface area contributed by atoms with E-state index in [2.05, 4.69) is 15.5 Å². The molecule has 1 aliphatic rings. The second-order valence-corrected chi connectivity index (χ2v) is 6.38. The molecule has 6 nitrogen and oxygen atoms in total. The van der Waals surface area contributed by atoms with E-state index < -0.39 is 0 Å². The normalized spacial score (nSPS) is 14.9. The summed E-state index contributed by atoms with van der Waals surface area (Å²) in [5.74, 6) is 1.71. The Kier molecular flexibility index (Phi) is 5.59. The van der Waals surface area contributed by atoms with Gasteiger partial charge in [-0.3, -0.25) is 4.79 Å². The molecule has 2 aromatic rings. The average molecular weight is 328 g/mol. The lowest BCUT2D eigenvalue weighted by molar-refractivity contribution is -0.121. The Labute approximate surface area is 141 Å². The van der Waals surface area contributed by atoms with Crippen molar-refractivity contribution in [2.24, 2.45) is 11.7 Å². The number of carbonyl (C=O) groups is 1. The second-order valence-electron chi connectivity index (χ2n) is 6.38. The molecule has 1 fully saturated rings. The van der Waals surface area contributed by atoms with Crippen LogP contribution in [0.25, 0.3) is 11.4 Å². The summed E-state index contributed by atoms with van der Waals surface area (Å²) < 4.78 is 5.20. The largest absolute Gasteiger partial charge is 0.347 e. The van der Waals surface area contributed by atoms with Crippen LogP contribution in [0.5, 0.6) is 0 Å². The average Bonchev–Trinajstić information content (AvgIpc) is 3.30. The van der Waals surface area contributed by atoms with Crippen molar-refractivity contribution in [3.05, 3.63) is 35.7 Å². The molecule has 0 saturated heterocycles. The molecule has 1 amide bonds. The molecule has 1 aliphatic carbocycles. The van der Waals surface area contributed by atoms with Crippen molar-refractivity contribution in [1.82, 2.24) is 15.5 Å². The standard InChI is InChI=1S/C18H24N4O2/c19-11-14-5-8-15(9-6-14)18-21-17(24-22-18)12-20-16(23)10-7-13-3-1-2-4-13/h5-6,8-9,13H,1-4,7,10-12,19H2,(H,20,23). The molecule has 128 valence electrons. The maximum absolute atomic E-state index is 11.9. The molecule has 6 heteroatoms. The number of aromatic nitrogens is 2. The molecular formula is C18H24N4O2. The zero-order valence-corrected chi connectivity index (χ0v) is 13.8. The topological polar surface area (TPSA) is 94.0 Å². The second kappa shape index (κ2) is 8.06. The summed E-state index contributed by atoms with van der Waals surface area (Å²) in [6, 6.07) is 7.71. The van der Waals surface area contributed by atoms with Gasteiger partial charge in [0, 0.05) is 18.5 Å². The first-order valence-corrected chi connectivity index (χ1v) is 8.63. The van der Waals surface area contributed by atoms with Gasteiger partial charge in [-0.05, 0) is 17.9 Å². The number of hydrogen-bond donors (Lipinski definition) is 2. The van der Waals surface area contributed by atoms with Gasteiger partial charge in [-0.2, -0.15) is 4.98 Å². The highest BCUT2D eigenvalue weighted by atomic mass is 16.5. The highest BCUT2D eigenvalue weighted by molar-refractivity contribution is 5.75. The molecule has 1 aromatic carbocycles. The molecule has 0 atom stereocenters. The number of nitrogens with zero attached hydrogens (tertiary/aromatic N) is 2. The van der Waals surface area contributed by atoms with E-state index in [-0.39, 0.29) is 12.5 Å². The number of rotatable bonds is 7. The molecule has 24 heavy (non-hydrogen) atoms. The van der Waals surface area contributed by atoms with Gasteiger partial charge in [0.2, 0.25) is 17.6 Å². The fraction of sp³-hybridized carbons (Fsp3) is 0.500. The summed E-state index contributed by atoms with van der Waals surface area (Å²) in [7, 11) is 0. The lowest BCUT2D eigenvalue weighted by Gasteiger charge is -2.07. The van der Waals surface area contributed by atoms with Crippen LogP contribution in [-0.4, -0.2) is 16.0 Å². The quantitative estimate of drug-likeness (QED) is 0.815. The van der Waals surface area contributed by atoms with Gasteiger partial charge in [0.1, 0.15) is 0 Å². The maximum atomic E-state index is 11.9. The lowest BCUT2D eigenvalue weighted by atomic mass is 10.0. The van der Waals surface area contributed by atoms with Crippen LogP contribution in [0, 0.1) is 5.92 Å². The Balaban J connectivity index is 1.47. The summed E-state index contributed by atoms with van der Waals surface area (Å²) in [6.07, 6.45) is 6.71. The van der Waals surface area contributed by atoms with Crippen LogP contribution in [0.2, 0.25) is 0 Å². The van der Waals surface area contributed by atoms with E-state index in [9.17, 15) is 4.79 Å². The van der Waals surface area contributed by atoms with Gasteiger partial charge in [0.25, 0.3) is 0 Å². The van der Waals surface area contributed by atoms with E-state index in [1.807, 2.05) is 24.3 Å². The third-order valence-corrected chi connectivity index (χ3v) is 4.61. The van der Waals surface area contributed by atoms with Crippen molar-refractivity contribution in [3.63, 3.8) is 0 Å². The molecule has 0 bridgehead atoms. The monoisotopic (exact) mass is 328 g/mol. The first-order valence-electron chi connectivity index (χ1n) is 8.63. The van der Waals surface area contributed by atoms with Gasteiger partial charge in [-0.1, -0.05) is 55.1 Å². The maximum Gasteiger partial charge on any atom is 0.246 e. The Hall–Kier alpha value is -2.21. The molecule has 3 rings (SSSR count). The van der Waals surface area contributed by atoms with Crippen LogP contribution in [-0.2, 0) is 17.9 Å². The Morgan fingerprint density at radius 2 is 2.00 bits per heavy atom. The number of nitrogens with two attached hydrogens (primary N) is 1. The summed E-state index contributed by atoms with van der Waals surface area (Å²) >= 11 is 0. The predicted molar refractivity (Wildman–Crippen MR) is 90.7 cm³/mol. The van der Waals surface area contributed by atoms with Crippen molar-refractivity contribution in [3.8, 4) is 11.4 Å². The van der Waals surface area contributed by atoms with Crippen molar-refractivity contribution in [2.45, 2.75) is 51.6 Å². The Morgan fingerprint density at radius 1 is 1.25 bits per heavy atom. The fourth-order valence-electron chi connectivity index (χ4n) is 3.13. The number of benzene rings is 1.